The predicted molar refractivity (Wildman–Crippen MR) is 105 cm³/mol. The minimum absolute atomic E-state index is 0.346. The summed E-state index contributed by atoms with van der Waals surface area (Å²) in [6.07, 6.45) is 1.90. The third kappa shape index (κ3) is 3.41. The van der Waals surface area contributed by atoms with Gasteiger partial charge < -0.3 is 5.32 Å². The van der Waals surface area contributed by atoms with Gasteiger partial charge >= 0.3 is 0 Å². The minimum atomic E-state index is -0.392. The molecule has 2 heterocycles. The van der Waals surface area contributed by atoms with E-state index in [1.165, 1.54) is 24.3 Å². The fourth-order valence-corrected chi connectivity index (χ4v) is 3.08. The molecule has 134 valence electrons. The van der Waals surface area contributed by atoms with E-state index < -0.39 is 5.82 Å². The van der Waals surface area contributed by atoms with Gasteiger partial charge in [0.25, 0.3) is 5.91 Å². The number of aryl methyl sites for hydroxylation is 1. The van der Waals surface area contributed by atoms with Crippen molar-refractivity contribution in [3.05, 3.63) is 88.8 Å². The summed E-state index contributed by atoms with van der Waals surface area (Å²) in [5.74, 6) is -0.205. The molecule has 1 N–H and O–H groups in total. The topological polar surface area (TPSA) is 46.4 Å². The molecular formula is C21H15ClFN3O. The normalized spacial score (nSPS) is 10.9. The molecule has 0 aliphatic heterocycles. The van der Waals surface area contributed by atoms with Gasteiger partial charge in [-0.3, -0.25) is 9.20 Å². The molecule has 0 saturated carbocycles. The maximum Gasteiger partial charge on any atom is 0.256 e. The number of carbonyl (C=O) groups is 1. The number of hydrogen-bond donors (Lipinski definition) is 1. The van der Waals surface area contributed by atoms with Gasteiger partial charge in [0.15, 0.2) is 0 Å². The highest BCUT2D eigenvalue weighted by molar-refractivity contribution is 6.30. The number of hydrogen-bond acceptors (Lipinski definition) is 2. The van der Waals surface area contributed by atoms with Gasteiger partial charge in [-0.2, -0.15) is 0 Å². The molecule has 0 fully saturated rings. The van der Waals surface area contributed by atoms with Crippen molar-refractivity contribution in [3.63, 3.8) is 0 Å². The third-order valence-electron chi connectivity index (χ3n) is 4.20. The van der Waals surface area contributed by atoms with E-state index in [0.29, 0.717) is 27.7 Å². The highest BCUT2D eigenvalue weighted by Crippen LogP contribution is 2.31. The van der Waals surface area contributed by atoms with Crippen LogP contribution in [-0.4, -0.2) is 15.3 Å². The molecule has 4 aromatic rings. The SMILES string of the molecule is Cc1ccc2nc(-c3cccc(Cl)c3)c(NC(=O)c3ccc(F)cc3)n2c1. The number of halogens is 2. The fraction of sp³-hybridized carbons (Fsp3) is 0.0476. The molecule has 0 aliphatic carbocycles. The predicted octanol–water partition coefficient (Wildman–Crippen LogP) is 5.35. The Bertz CT molecular complexity index is 1150. The fourth-order valence-electron chi connectivity index (χ4n) is 2.89. The van der Waals surface area contributed by atoms with Crippen LogP contribution in [0.4, 0.5) is 10.2 Å². The van der Waals surface area contributed by atoms with Crippen LogP contribution in [0.15, 0.2) is 66.9 Å². The van der Waals surface area contributed by atoms with Crippen molar-refractivity contribution in [2.75, 3.05) is 5.32 Å². The van der Waals surface area contributed by atoms with Crippen LogP contribution in [-0.2, 0) is 0 Å². The van der Waals surface area contributed by atoms with Gasteiger partial charge in [-0.1, -0.05) is 29.8 Å². The zero-order chi connectivity index (χ0) is 19.0. The molecule has 6 heteroatoms. The van der Waals surface area contributed by atoms with Crippen molar-refractivity contribution in [2.24, 2.45) is 0 Å². The van der Waals surface area contributed by atoms with Crippen LogP contribution in [0.5, 0.6) is 0 Å². The second kappa shape index (κ2) is 6.85. The van der Waals surface area contributed by atoms with Crippen molar-refractivity contribution in [2.45, 2.75) is 6.92 Å². The number of nitrogens with zero attached hydrogens (tertiary/aromatic N) is 2. The number of rotatable bonds is 3. The number of benzene rings is 2. The van der Waals surface area contributed by atoms with E-state index in [-0.39, 0.29) is 5.91 Å². The smallest absolute Gasteiger partial charge is 0.256 e. The molecule has 2 aromatic heterocycles. The van der Waals surface area contributed by atoms with Crippen LogP contribution in [0.2, 0.25) is 5.02 Å². The first kappa shape index (κ1) is 17.2. The summed E-state index contributed by atoms with van der Waals surface area (Å²) < 4.78 is 15.0. The Balaban J connectivity index is 1.84. The average molecular weight is 380 g/mol. The summed E-state index contributed by atoms with van der Waals surface area (Å²) in [4.78, 5) is 17.4. The lowest BCUT2D eigenvalue weighted by Crippen LogP contribution is -2.14. The summed E-state index contributed by atoms with van der Waals surface area (Å²) in [6.45, 7) is 1.96. The van der Waals surface area contributed by atoms with Gasteiger partial charge in [-0.05, 0) is 55.0 Å². The number of amides is 1. The van der Waals surface area contributed by atoms with E-state index in [4.69, 9.17) is 11.6 Å². The van der Waals surface area contributed by atoms with Crippen molar-refractivity contribution in [1.82, 2.24) is 9.38 Å². The van der Waals surface area contributed by atoms with Gasteiger partial charge in [0.1, 0.15) is 23.0 Å². The number of carbonyl (C=O) groups excluding carboxylic acids is 1. The minimum Gasteiger partial charge on any atom is -0.306 e. The zero-order valence-corrected chi connectivity index (χ0v) is 15.2. The molecule has 4 rings (SSSR count). The van der Waals surface area contributed by atoms with Crippen LogP contribution in [0.1, 0.15) is 15.9 Å². The standard InChI is InChI=1S/C21H15ClFN3O/c1-13-5-10-18-24-19(15-3-2-4-16(22)11-15)20(26(18)12-13)25-21(27)14-6-8-17(23)9-7-14/h2-12H,1H3,(H,25,27). The monoisotopic (exact) mass is 379 g/mol. The van der Waals surface area contributed by atoms with E-state index >= 15 is 0 Å². The Morgan fingerprint density at radius 2 is 1.89 bits per heavy atom. The Morgan fingerprint density at radius 1 is 1.11 bits per heavy atom. The molecule has 0 atom stereocenters. The number of anilines is 1. The second-order valence-corrected chi connectivity index (χ2v) is 6.65. The van der Waals surface area contributed by atoms with Gasteiger partial charge in [0.2, 0.25) is 0 Å². The van der Waals surface area contributed by atoms with Gasteiger partial charge in [0, 0.05) is 22.3 Å². The molecule has 2 aromatic carbocycles. The number of aromatic nitrogens is 2. The van der Waals surface area contributed by atoms with Crippen molar-refractivity contribution in [1.29, 1.82) is 0 Å². The molecule has 0 saturated heterocycles. The number of pyridine rings is 1. The molecule has 1 amide bonds. The van der Waals surface area contributed by atoms with Gasteiger partial charge in [0.05, 0.1) is 0 Å². The first-order chi connectivity index (χ1) is 13.0. The highest BCUT2D eigenvalue weighted by atomic mass is 35.5. The molecular weight excluding hydrogens is 365 g/mol. The number of fused-ring (bicyclic) bond motifs is 1. The van der Waals surface area contributed by atoms with E-state index in [1.54, 1.807) is 12.1 Å². The Kier molecular flexibility index (Phi) is 4.38. The summed E-state index contributed by atoms with van der Waals surface area (Å²) in [6, 6.07) is 16.5. The van der Waals surface area contributed by atoms with Crippen LogP contribution in [0.25, 0.3) is 16.9 Å². The van der Waals surface area contributed by atoms with E-state index in [1.807, 2.05) is 41.8 Å². The lowest BCUT2D eigenvalue weighted by Gasteiger charge is -2.09. The summed E-state index contributed by atoms with van der Waals surface area (Å²) in [7, 11) is 0. The average Bonchev–Trinajstić information content (AvgIpc) is 3.00. The van der Waals surface area contributed by atoms with Crippen molar-refractivity contribution >= 4 is 29.0 Å². The molecule has 0 spiro atoms. The second-order valence-electron chi connectivity index (χ2n) is 6.22. The van der Waals surface area contributed by atoms with E-state index in [2.05, 4.69) is 10.3 Å². The third-order valence-corrected chi connectivity index (χ3v) is 4.44. The Morgan fingerprint density at radius 3 is 2.63 bits per heavy atom. The number of imidazole rings is 1. The Labute approximate surface area is 160 Å². The van der Waals surface area contributed by atoms with Crippen molar-refractivity contribution < 1.29 is 9.18 Å². The van der Waals surface area contributed by atoms with E-state index in [0.717, 1.165) is 11.1 Å². The first-order valence-corrected chi connectivity index (χ1v) is 8.70. The molecule has 0 radical (unpaired) electrons. The molecule has 0 bridgehead atoms. The van der Waals surface area contributed by atoms with Crippen LogP contribution < -0.4 is 5.32 Å². The van der Waals surface area contributed by atoms with E-state index in [9.17, 15) is 9.18 Å². The van der Waals surface area contributed by atoms with Gasteiger partial charge in [-0.15, -0.1) is 0 Å². The summed E-state index contributed by atoms with van der Waals surface area (Å²) >= 11 is 6.13. The van der Waals surface area contributed by atoms with Crippen LogP contribution >= 0.6 is 11.6 Å². The maximum atomic E-state index is 13.1. The van der Waals surface area contributed by atoms with Crippen LogP contribution in [0.3, 0.4) is 0 Å². The maximum absolute atomic E-state index is 13.1. The van der Waals surface area contributed by atoms with Crippen molar-refractivity contribution in [3.8, 4) is 11.3 Å². The Hall–Kier alpha value is -3.18. The molecule has 27 heavy (non-hydrogen) atoms. The lowest BCUT2D eigenvalue weighted by atomic mass is 10.1. The molecule has 4 nitrogen and oxygen atoms in total. The highest BCUT2D eigenvalue weighted by Gasteiger charge is 2.17. The molecule has 0 unspecified atom stereocenters. The summed E-state index contributed by atoms with van der Waals surface area (Å²) in [5.41, 5.74) is 3.48. The summed E-state index contributed by atoms with van der Waals surface area (Å²) in [5, 5.41) is 3.49. The number of nitrogens with one attached hydrogen (secondary N) is 1. The zero-order valence-electron chi connectivity index (χ0n) is 14.4. The first-order valence-electron chi connectivity index (χ1n) is 8.33. The molecule has 0 aliphatic rings. The van der Waals surface area contributed by atoms with Gasteiger partial charge in [-0.25, -0.2) is 9.37 Å². The quantitative estimate of drug-likeness (QED) is 0.521. The largest absolute Gasteiger partial charge is 0.306 e. The van der Waals surface area contributed by atoms with Crippen LogP contribution in [0, 0.1) is 12.7 Å². The lowest BCUT2D eigenvalue weighted by molar-refractivity contribution is 0.102.